The molecule has 1 unspecified atom stereocenters. The van der Waals surface area contributed by atoms with E-state index in [1.54, 1.807) is 13.2 Å². The first kappa shape index (κ1) is 15.8. The van der Waals surface area contributed by atoms with Gasteiger partial charge >= 0.3 is 0 Å². The number of methoxy groups -OCH3 is 1. The van der Waals surface area contributed by atoms with E-state index in [1.165, 1.54) is 12.1 Å². The van der Waals surface area contributed by atoms with E-state index >= 15 is 0 Å². The standard InChI is InChI=1S/C17H19ClFNO/c1-11-4-5-13(9-17(11)21-3)16(20-2)8-12-6-7-14(19)10-15(12)18/h4-7,9-10,16,20H,8H2,1-3H3. The monoisotopic (exact) mass is 307 g/mol. The van der Waals surface area contributed by atoms with E-state index in [0.717, 1.165) is 22.4 Å². The lowest BCUT2D eigenvalue weighted by Crippen LogP contribution is -2.19. The number of nitrogens with one attached hydrogen (secondary N) is 1. The lowest BCUT2D eigenvalue weighted by Gasteiger charge is -2.19. The molecule has 2 aromatic rings. The largest absolute Gasteiger partial charge is 0.496 e. The van der Waals surface area contributed by atoms with Gasteiger partial charge in [-0.05, 0) is 55.3 Å². The Kier molecular flexibility index (Phi) is 5.21. The van der Waals surface area contributed by atoms with Crippen LogP contribution in [-0.2, 0) is 6.42 Å². The van der Waals surface area contributed by atoms with Crippen molar-refractivity contribution in [2.45, 2.75) is 19.4 Å². The van der Waals surface area contributed by atoms with Gasteiger partial charge in [-0.1, -0.05) is 29.8 Å². The zero-order chi connectivity index (χ0) is 15.4. The van der Waals surface area contributed by atoms with Crippen LogP contribution < -0.4 is 10.1 Å². The van der Waals surface area contributed by atoms with E-state index in [2.05, 4.69) is 11.4 Å². The van der Waals surface area contributed by atoms with Gasteiger partial charge in [0.25, 0.3) is 0 Å². The van der Waals surface area contributed by atoms with Gasteiger partial charge in [0, 0.05) is 11.1 Å². The van der Waals surface area contributed by atoms with Crippen LogP contribution in [0.4, 0.5) is 4.39 Å². The first-order valence-electron chi connectivity index (χ1n) is 6.81. The van der Waals surface area contributed by atoms with Gasteiger partial charge in [-0.25, -0.2) is 4.39 Å². The van der Waals surface area contributed by atoms with Crippen molar-refractivity contribution in [1.82, 2.24) is 5.32 Å². The summed E-state index contributed by atoms with van der Waals surface area (Å²) in [5.41, 5.74) is 3.12. The fourth-order valence-electron chi connectivity index (χ4n) is 2.35. The summed E-state index contributed by atoms with van der Waals surface area (Å²) in [7, 11) is 3.56. The number of rotatable bonds is 5. The predicted octanol–water partition coefficient (Wildman–Crippen LogP) is 4.30. The Bertz CT molecular complexity index is 630. The molecule has 1 atom stereocenters. The molecule has 0 aromatic heterocycles. The Labute approximate surface area is 129 Å². The first-order chi connectivity index (χ1) is 10.0. The molecular weight excluding hydrogens is 289 g/mol. The minimum absolute atomic E-state index is 0.0856. The molecule has 0 saturated carbocycles. The number of aryl methyl sites for hydroxylation is 1. The Morgan fingerprint density at radius 1 is 1.24 bits per heavy atom. The molecule has 0 aliphatic heterocycles. The molecule has 0 aliphatic rings. The number of ether oxygens (including phenoxy) is 1. The molecule has 0 heterocycles. The first-order valence-corrected chi connectivity index (χ1v) is 7.18. The second kappa shape index (κ2) is 6.92. The molecule has 0 aliphatic carbocycles. The zero-order valence-corrected chi connectivity index (χ0v) is 13.2. The van der Waals surface area contributed by atoms with E-state index in [4.69, 9.17) is 16.3 Å². The summed E-state index contributed by atoms with van der Waals surface area (Å²) in [6.45, 7) is 2.01. The highest BCUT2D eigenvalue weighted by Crippen LogP contribution is 2.27. The SMILES string of the molecule is CNC(Cc1ccc(F)cc1Cl)c1ccc(C)c(OC)c1. The van der Waals surface area contributed by atoms with Gasteiger partial charge in [-0.3, -0.25) is 0 Å². The Morgan fingerprint density at radius 2 is 2.00 bits per heavy atom. The second-order valence-corrected chi connectivity index (χ2v) is 5.42. The minimum Gasteiger partial charge on any atom is -0.496 e. The van der Waals surface area contributed by atoms with E-state index in [9.17, 15) is 4.39 Å². The van der Waals surface area contributed by atoms with E-state index in [-0.39, 0.29) is 11.9 Å². The van der Waals surface area contributed by atoms with Crippen LogP contribution in [-0.4, -0.2) is 14.2 Å². The summed E-state index contributed by atoms with van der Waals surface area (Å²) in [6.07, 6.45) is 0.682. The van der Waals surface area contributed by atoms with E-state index < -0.39 is 0 Å². The third-order valence-corrected chi connectivity index (χ3v) is 3.97. The maximum atomic E-state index is 13.1. The number of hydrogen-bond donors (Lipinski definition) is 1. The summed E-state index contributed by atoms with van der Waals surface area (Å²) in [4.78, 5) is 0. The van der Waals surface area contributed by atoms with E-state index in [0.29, 0.717) is 11.4 Å². The molecule has 0 fully saturated rings. The Balaban J connectivity index is 2.27. The van der Waals surface area contributed by atoms with Crippen molar-refractivity contribution >= 4 is 11.6 Å². The summed E-state index contributed by atoms with van der Waals surface area (Å²) in [6, 6.07) is 10.7. The molecule has 0 amide bonds. The average molecular weight is 308 g/mol. The maximum Gasteiger partial charge on any atom is 0.124 e. The molecule has 2 rings (SSSR count). The quantitative estimate of drug-likeness (QED) is 0.889. The highest BCUT2D eigenvalue weighted by atomic mass is 35.5. The van der Waals surface area contributed by atoms with Crippen LogP contribution in [0.5, 0.6) is 5.75 Å². The fourth-order valence-corrected chi connectivity index (χ4v) is 2.59. The van der Waals surface area contributed by atoms with Gasteiger partial charge in [0.2, 0.25) is 0 Å². The summed E-state index contributed by atoms with van der Waals surface area (Å²) >= 11 is 6.11. The molecular formula is C17H19ClFNO. The smallest absolute Gasteiger partial charge is 0.124 e. The van der Waals surface area contributed by atoms with E-state index in [1.807, 2.05) is 26.1 Å². The van der Waals surface area contributed by atoms with Crippen molar-refractivity contribution in [2.75, 3.05) is 14.2 Å². The summed E-state index contributed by atoms with van der Waals surface area (Å²) < 4.78 is 18.5. The van der Waals surface area contributed by atoms with Crippen molar-refractivity contribution in [3.05, 3.63) is 63.9 Å². The molecule has 0 spiro atoms. The van der Waals surface area contributed by atoms with Gasteiger partial charge in [-0.2, -0.15) is 0 Å². The van der Waals surface area contributed by atoms with Crippen molar-refractivity contribution in [3.63, 3.8) is 0 Å². The lowest BCUT2D eigenvalue weighted by molar-refractivity contribution is 0.410. The van der Waals surface area contributed by atoms with Crippen LogP contribution in [0.25, 0.3) is 0 Å². The minimum atomic E-state index is -0.318. The van der Waals surface area contributed by atoms with Crippen molar-refractivity contribution < 1.29 is 9.13 Å². The van der Waals surface area contributed by atoms with Crippen LogP contribution in [0.3, 0.4) is 0 Å². The van der Waals surface area contributed by atoms with Gasteiger partial charge in [-0.15, -0.1) is 0 Å². The predicted molar refractivity (Wildman–Crippen MR) is 84.6 cm³/mol. The third-order valence-electron chi connectivity index (χ3n) is 3.62. The van der Waals surface area contributed by atoms with Gasteiger partial charge in [0.15, 0.2) is 0 Å². The van der Waals surface area contributed by atoms with Crippen molar-refractivity contribution in [2.24, 2.45) is 0 Å². The van der Waals surface area contributed by atoms with Crippen molar-refractivity contribution in [1.29, 1.82) is 0 Å². The van der Waals surface area contributed by atoms with Gasteiger partial charge in [0.05, 0.1) is 7.11 Å². The normalized spacial score (nSPS) is 12.2. The molecule has 0 saturated heterocycles. The second-order valence-electron chi connectivity index (χ2n) is 5.01. The molecule has 1 N–H and O–H groups in total. The highest BCUT2D eigenvalue weighted by molar-refractivity contribution is 6.31. The molecule has 112 valence electrons. The third kappa shape index (κ3) is 3.74. The van der Waals surface area contributed by atoms with Crippen LogP contribution in [0.15, 0.2) is 36.4 Å². The van der Waals surface area contributed by atoms with Crippen LogP contribution >= 0.6 is 11.6 Å². The number of likely N-dealkylation sites (N-methyl/N-ethyl adjacent to an activating group) is 1. The molecule has 2 nitrogen and oxygen atoms in total. The summed E-state index contributed by atoms with van der Waals surface area (Å²) in [5.74, 6) is 0.541. The van der Waals surface area contributed by atoms with Gasteiger partial charge in [0.1, 0.15) is 11.6 Å². The molecule has 21 heavy (non-hydrogen) atoms. The zero-order valence-electron chi connectivity index (χ0n) is 12.4. The average Bonchev–Trinajstić information content (AvgIpc) is 2.47. The Hall–Kier alpha value is -1.58. The maximum absolute atomic E-state index is 13.1. The molecule has 0 bridgehead atoms. The number of halogens is 2. The van der Waals surface area contributed by atoms with Crippen LogP contribution in [0, 0.1) is 12.7 Å². The molecule has 4 heteroatoms. The van der Waals surface area contributed by atoms with Crippen LogP contribution in [0.2, 0.25) is 5.02 Å². The Morgan fingerprint density at radius 3 is 2.62 bits per heavy atom. The van der Waals surface area contributed by atoms with Gasteiger partial charge < -0.3 is 10.1 Å². The van der Waals surface area contributed by atoms with Crippen molar-refractivity contribution in [3.8, 4) is 5.75 Å². The fraction of sp³-hybridized carbons (Fsp3) is 0.294. The summed E-state index contributed by atoms with van der Waals surface area (Å²) in [5, 5.41) is 3.72. The van der Waals surface area contributed by atoms with Crippen LogP contribution in [0.1, 0.15) is 22.7 Å². The number of benzene rings is 2. The highest BCUT2D eigenvalue weighted by Gasteiger charge is 2.14. The topological polar surface area (TPSA) is 21.3 Å². The molecule has 2 aromatic carbocycles. The number of hydrogen-bond acceptors (Lipinski definition) is 2. The molecule has 0 radical (unpaired) electrons. The lowest BCUT2D eigenvalue weighted by atomic mass is 9.97.